The Morgan fingerprint density at radius 2 is 1.66 bits per heavy atom. The molecule has 0 aliphatic carbocycles. The fourth-order valence-electron chi connectivity index (χ4n) is 3.14. The number of thioether (sulfide) groups is 1. The largest absolute Gasteiger partial charge is 0.497 e. The summed E-state index contributed by atoms with van der Waals surface area (Å²) in [6, 6.07) is 20.4. The van der Waals surface area contributed by atoms with Crippen LogP contribution in [0.25, 0.3) is 0 Å². The fraction of sp³-hybridized carbons (Fsp3) is 0.231. The van der Waals surface area contributed by atoms with Crippen LogP contribution in [0.15, 0.2) is 71.6 Å². The Kier molecular flexibility index (Phi) is 7.95. The number of rotatable bonds is 8. The molecule has 3 aromatic rings. The van der Waals surface area contributed by atoms with Gasteiger partial charge in [0.05, 0.1) is 12.4 Å². The second-order valence-corrected chi connectivity index (χ2v) is 8.79. The number of aryl methyl sites for hydroxylation is 2. The van der Waals surface area contributed by atoms with Crippen molar-refractivity contribution in [3.63, 3.8) is 0 Å². The van der Waals surface area contributed by atoms with E-state index in [1.807, 2.05) is 63.2 Å². The summed E-state index contributed by atoms with van der Waals surface area (Å²) in [6.45, 7) is 6.07. The number of amides is 2. The molecule has 0 aromatic heterocycles. The molecule has 0 radical (unpaired) electrons. The maximum Gasteiger partial charge on any atom is 0.255 e. The van der Waals surface area contributed by atoms with E-state index in [1.165, 1.54) is 17.3 Å². The van der Waals surface area contributed by atoms with Gasteiger partial charge in [0.2, 0.25) is 5.91 Å². The normalized spacial score (nSPS) is 11.5. The highest BCUT2D eigenvalue weighted by Gasteiger charge is 2.19. The molecule has 0 saturated carbocycles. The predicted molar refractivity (Wildman–Crippen MR) is 132 cm³/mol. The molecule has 2 amide bonds. The van der Waals surface area contributed by atoms with Crippen LogP contribution in [0.4, 0.5) is 11.4 Å². The molecule has 0 spiro atoms. The molecule has 2 N–H and O–H groups in total. The van der Waals surface area contributed by atoms with Gasteiger partial charge in [-0.25, -0.2) is 0 Å². The number of methoxy groups -OCH3 is 1. The van der Waals surface area contributed by atoms with E-state index in [0.29, 0.717) is 23.4 Å². The smallest absolute Gasteiger partial charge is 0.255 e. The number of ether oxygens (including phenoxy) is 1. The van der Waals surface area contributed by atoms with E-state index in [2.05, 4.69) is 10.6 Å². The molecule has 1 atom stereocenters. The number of carbonyl (C=O) groups is 2. The van der Waals surface area contributed by atoms with Crippen LogP contribution in [-0.4, -0.2) is 24.2 Å². The fourth-order valence-corrected chi connectivity index (χ4v) is 4.16. The van der Waals surface area contributed by atoms with Crippen molar-refractivity contribution < 1.29 is 14.3 Å². The molecule has 0 aliphatic heterocycles. The summed E-state index contributed by atoms with van der Waals surface area (Å²) in [6.07, 6.45) is 0.682. The molecule has 166 valence electrons. The van der Waals surface area contributed by atoms with Gasteiger partial charge in [0.25, 0.3) is 5.91 Å². The molecule has 0 aliphatic rings. The average Bonchev–Trinajstić information content (AvgIpc) is 2.80. The van der Waals surface area contributed by atoms with Gasteiger partial charge in [-0.2, -0.15) is 0 Å². The molecule has 3 aromatic carbocycles. The van der Waals surface area contributed by atoms with Crippen molar-refractivity contribution in [3.05, 3.63) is 83.4 Å². The molecule has 0 fully saturated rings. The Morgan fingerprint density at radius 3 is 2.38 bits per heavy atom. The number of benzene rings is 3. The molecule has 0 saturated heterocycles. The van der Waals surface area contributed by atoms with Crippen LogP contribution in [0.1, 0.15) is 34.8 Å². The first kappa shape index (κ1) is 23.4. The molecule has 0 bridgehead atoms. The van der Waals surface area contributed by atoms with Crippen LogP contribution >= 0.6 is 11.8 Å². The van der Waals surface area contributed by atoms with Crippen molar-refractivity contribution in [2.75, 3.05) is 17.7 Å². The van der Waals surface area contributed by atoms with Crippen LogP contribution < -0.4 is 15.4 Å². The third-order valence-corrected chi connectivity index (χ3v) is 6.50. The molecule has 6 heteroatoms. The summed E-state index contributed by atoms with van der Waals surface area (Å²) < 4.78 is 5.19. The third kappa shape index (κ3) is 6.14. The third-order valence-electron chi connectivity index (χ3n) is 5.14. The standard InChI is InChI=1S/C26H28N2O3S/c1-5-24(26(30)28-21-13-12-17(2)18(3)14-21)32-23-11-7-9-20(16-23)27-25(29)19-8-6-10-22(15-19)31-4/h6-16,24H,5H2,1-4H3,(H,27,29)(H,28,30). The monoisotopic (exact) mass is 448 g/mol. The van der Waals surface area contributed by atoms with Gasteiger partial charge in [-0.3, -0.25) is 9.59 Å². The summed E-state index contributed by atoms with van der Waals surface area (Å²) in [5.41, 5.74) is 4.32. The molecule has 3 rings (SSSR count). The zero-order valence-electron chi connectivity index (χ0n) is 18.8. The second-order valence-electron chi connectivity index (χ2n) is 7.52. The SMILES string of the molecule is CCC(Sc1cccc(NC(=O)c2cccc(OC)c2)c1)C(=O)Nc1ccc(C)c(C)c1. The molecular formula is C26H28N2O3S. The number of nitrogens with one attached hydrogen (secondary N) is 2. The Hall–Kier alpha value is -3.25. The quantitative estimate of drug-likeness (QED) is 0.410. The zero-order chi connectivity index (χ0) is 23.1. The summed E-state index contributed by atoms with van der Waals surface area (Å²) in [4.78, 5) is 26.3. The van der Waals surface area contributed by atoms with Gasteiger partial charge in [-0.05, 0) is 79.9 Å². The van der Waals surface area contributed by atoms with Crippen LogP contribution in [0.3, 0.4) is 0 Å². The molecule has 5 nitrogen and oxygen atoms in total. The highest BCUT2D eigenvalue weighted by molar-refractivity contribution is 8.00. The van der Waals surface area contributed by atoms with E-state index in [0.717, 1.165) is 16.1 Å². The minimum atomic E-state index is -0.249. The minimum Gasteiger partial charge on any atom is -0.497 e. The molecular weight excluding hydrogens is 420 g/mol. The molecule has 32 heavy (non-hydrogen) atoms. The van der Waals surface area contributed by atoms with Gasteiger partial charge in [0.1, 0.15) is 5.75 Å². The number of hydrogen-bond donors (Lipinski definition) is 2. The van der Waals surface area contributed by atoms with Crippen molar-refractivity contribution in [2.24, 2.45) is 0 Å². The van der Waals surface area contributed by atoms with Crippen molar-refractivity contribution in [2.45, 2.75) is 37.3 Å². The Morgan fingerprint density at radius 1 is 0.906 bits per heavy atom. The van der Waals surface area contributed by atoms with Crippen molar-refractivity contribution in [3.8, 4) is 5.75 Å². The Balaban J connectivity index is 1.67. The maximum absolute atomic E-state index is 12.8. The zero-order valence-corrected chi connectivity index (χ0v) is 19.6. The summed E-state index contributed by atoms with van der Waals surface area (Å²) in [5, 5.41) is 5.68. The van der Waals surface area contributed by atoms with Crippen molar-refractivity contribution in [1.29, 1.82) is 0 Å². The van der Waals surface area contributed by atoms with E-state index < -0.39 is 0 Å². The number of anilines is 2. The lowest BCUT2D eigenvalue weighted by Crippen LogP contribution is -2.24. The average molecular weight is 449 g/mol. The Labute approximate surface area is 193 Å². The maximum atomic E-state index is 12.8. The topological polar surface area (TPSA) is 67.4 Å². The van der Waals surface area contributed by atoms with E-state index in [-0.39, 0.29) is 17.1 Å². The second kappa shape index (κ2) is 10.9. The van der Waals surface area contributed by atoms with E-state index in [4.69, 9.17) is 4.74 Å². The van der Waals surface area contributed by atoms with Crippen LogP contribution in [0, 0.1) is 13.8 Å². The molecule has 1 unspecified atom stereocenters. The highest BCUT2D eigenvalue weighted by Crippen LogP contribution is 2.29. The predicted octanol–water partition coefficient (Wildman–Crippen LogP) is 6.07. The number of carbonyl (C=O) groups excluding carboxylic acids is 2. The van der Waals surface area contributed by atoms with Gasteiger partial charge in [-0.15, -0.1) is 11.8 Å². The van der Waals surface area contributed by atoms with Gasteiger partial charge in [0, 0.05) is 21.8 Å². The van der Waals surface area contributed by atoms with E-state index in [1.54, 1.807) is 31.4 Å². The first-order chi connectivity index (χ1) is 15.4. The highest BCUT2D eigenvalue weighted by atomic mass is 32.2. The summed E-state index contributed by atoms with van der Waals surface area (Å²) in [7, 11) is 1.57. The van der Waals surface area contributed by atoms with Gasteiger partial charge < -0.3 is 15.4 Å². The summed E-state index contributed by atoms with van der Waals surface area (Å²) in [5.74, 6) is 0.375. The van der Waals surface area contributed by atoms with Gasteiger partial charge >= 0.3 is 0 Å². The van der Waals surface area contributed by atoms with E-state index >= 15 is 0 Å². The summed E-state index contributed by atoms with van der Waals surface area (Å²) >= 11 is 1.48. The van der Waals surface area contributed by atoms with Crippen molar-refractivity contribution >= 4 is 35.0 Å². The van der Waals surface area contributed by atoms with Crippen LogP contribution in [0.5, 0.6) is 5.75 Å². The molecule has 0 heterocycles. The lowest BCUT2D eigenvalue weighted by atomic mass is 10.1. The lowest BCUT2D eigenvalue weighted by molar-refractivity contribution is -0.115. The van der Waals surface area contributed by atoms with Crippen molar-refractivity contribution in [1.82, 2.24) is 0 Å². The van der Waals surface area contributed by atoms with Gasteiger partial charge in [0.15, 0.2) is 0 Å². The Bertz CT molecular complexity index is 1110. The minimum absolute atomic E-state index is 0.0356. The van der Waals surface area contributed by atoms with Crippen LogP contribution in [0.2, 0.25) is 0 Å². The van der Waals surface area contributed by atoms with E-state index in [9.17, 15) is 9.59 Å². The number of hydrogen-bond acceptors (Lipinski definition) is 4. The lowest BCUT2D eigenvalue weighted by Gasteiger charge is -2.16. The first-order valence-corrected chi connectivity index (χ1v) is 11.4. The van der Waals surface area contributed by atoms with Crippen LogP contribution in [-0.2, 0) is 4.79 Å². The van der Waals surface area contributed by atoms with Gasteiger partial charge in [-0.1, -0.05) is 25.1 Å². The first-order valence-electron chi connectivity index (χ1n) is 10.5.